The lowest BCUT2D eigenvalue weighted by atomic mass is 9.89. The number of aromatic nitrogens is 6. The normalized spacial score (nSPS) is 12.3. The van der Waals surface area contributed by atoms with Gasteiger partial charge in [0, 0.05) is 41.9 Å². The molecule has 0 amide bonds. The van der Waals surface area contributed by atoms with Crippen molar-refractivity contribution in [1.82, 2.24) is 29.9 Å². The van der Waals surface area contributed by atoms with E-state index in [1.165, 1.54) is 0 Å². The molecular weight excluding hydrogens is 1290 g/mol. The molecule has 0 saturated heterocycles. The Labute approximate surface area is 560 Å². The summed E-state index contributed by atoms with van der Waals surface area (Å²) in [6, 6.07) is 63.0. The number of nitrogens with zero attached hydrogens (tertiary/aromatic N) is 3. The molecule has 0 spiro atoms. The van der Waals surface area contributed by atoms with Crippen molar-refractivity contribution in [3.8, 4) is 33.4 Å². The molecule has 20 nitrogen and oxygen atoms in total. The fourth-order valence-corrected chi connectivity index (χ4v) is 13.4. The van der Waals surface area contributed by atoms with Gasteiger partial charge in [0.05, 0.1) is 75.5 Å². The van der Waals surface area contributed by atoms with Crippen molar-refractivity contribution < 1.29 is 43.9 Å². The van der Waals surface area contributed by atoms with Crippen molar-refractivity contribution in [3.63, 3.8) is 0 Å². The van der Waals surface area contributed by atoms with Crippen molar-refractivity contribution in [1.29, 1.82) is 0 Å². The quantitative estimate of drug-likeness (QED) is 0.0305. The Kier molecular flexibility index (Phi) is 21.0. The number of hydrogen-bond acceptors (Lipinski definition) is 13. The van der Waals surface area contributed by atoms with Crippen LogP contribution >= 0.6 is 0 Å². The molecule has 0 fully saturated rings. The van der Waals surface area contributed by atoms with Crippen LogP contribution in [0.4, 0.5) is 22.7 Å². The van der Waals surface area contributed by atoms with Crippen LogP contribution in [0.1, 0.15) is 72.2 Å². The molecule has 12 aromatic rings. The number of aliphatic hydroxyl groups is 2. The second-order valence-electron chi connectivity index (χ2n) is 24.2. The van der Waals surface area contributed by atoms with Crippen molar-refractivity contribution >= 4 is 95.9 Å². The molecule has 3 heterocycles. The highest BCUT2D eigenvalue weighted by Crippen LogP contribution is 2.35. The third-order valence-electron chi connectivity index (χ3n) is 15.5. The first-order valence-electron chi connectivity index (χ1n) is 30.8. The number of imidazole rings is 3. The van der Waals surface area contributed by atoms with Gasteiger partial charge in [-0.3, -0.25) is 18.9 Å². The lowest BCUT2D eigenvalue weighted by Crippen LogP contribution is -2.16. The Hall–Kier alpha value is -9.69. The van der Waals surface area contributed by atoms with Gasteiger partial charge in [-0.1, -0.05) is 121 Å². The van der Waals surface area contributed by atoms with Gasteiger partial charge < -0.3 is 25.2 Å². The molecule has 9 N–H and O–H groups in total. The third-order valence-corrected chi connectivity index (χ3v) is 17.9. The van der Waals surface area contributed by atoms with Crippen LogP contribution in [0.15, 0.2) is 200 Å². The lowest BCUT2D eigenvalue weighted by Gasteiger charge is -2.21. The molecule has 0 radical (unpaired) electrons. The van der Waals surface area contributed by atoms with Gasteiger partial charge >= 0.3 is 0 Å². The summed E-state index contributed by atoms with van der Waals surface area (Å²) in [4.78, 5) is 24.2. The second kappa shape index (κ2) is 29.1. The van der Waals surface area contributed by atoms with Gasteiger partial charge in [0.15, 0.2) is 0 Å². The predicted molar refractivity (Wildman–Crippen MR) is 386 cm³/mol. The fraction of sp³-hybridized carbons (Fsp3) is 0.208. The minimum atomic E-state index is -3.40. The number of aliphatic hydroxyl groups excluding tert-OH is 1. The Morgan fingerprint density at radius 2 is 0.719 bits per heavy atom. The maximum Gasteiger partial charge on any atom is 0.229 e. The van der Waals surface area contributed by atoms with Gasteiger partial charge in [0.1, 0.15) is 17.5 Å². The summed E-state index contributed by atoms with van der Waals surface area (Å²) in [5.41, 5.74) is 17.4. The van der Waals surface area contributed by atoms with Gasteiger partial charge in [0.2, 0.25) is 40.1 Å². The SMILES string of the molecule is CC(C)(O)c1ccccc1-c1ccc2nc(CCc3ccc(NS(C)(=O)=O)cc3)[nH]c2c1.CC(O)c1ccccc1-c1ccc2nc(CCc3ccc(NS(C)(=O)=O)cc3)[nH]c2c1.CS(=O)(=O)Nc1ccc(CCc2nc3ccc(-c4ccccc4NS(C)(=O)=O)cc3[nH]2)cc1. The van der Waals surface area contributed by atoms with E-state index < -0.39 is 51.8 Å². The molecular formula is C72H76N10O10S4. The number of benzene rings is 9. The first-order chi connectivity index (χ1) is 45.4. The summed E-state index contributed by atoms with van der Waals surface area (Å²) >= 11 is 0. The number of nitrogens with one attached hydrogen (secondary N) is 7. The summed E-state index contributed by atoms with van der Waals surface area (Å²) in [5, 5.41) is 20.6. The average Bonchev–Trinajstić information content (AvgIpc) is 1.48. The molecule has 0 aliphatic carbocycles. The first kappa shape index (κ1) is 69.1. The van der Waals surface area contributed by atoms with Crippen molar-refractivity contribution in [2.24, 2.45) is 0 Å². The highest BCUT2D eigenvalue weighted by molar-refractivity contribution is 7.92. The van der Waals surface area contributed by atoms with E-state index in [2.05, 4.69) is 55.9 Å². The van der Waals surface area contributed by atoms with Crippen LogP contribution < -0.4 is 18.9 Å². The van der Waals surface area contributed by atoms with Crippen LogP contribution in [0.3, 0.4) is 0 Å². The smallest absolute Gasteiger partial charge is 0.229 e. The largest absolute Gasteiger partial charge is 0.389 e. The van der Waals surface area contributed by atoms with E-state index in [0.717, 1.165) is 169 Å². The molecule has 3 aromatic heterocycles. The van der Waals surface area contributed by atoms with Crippen LogP contribution in [0.25, 0.3) is 66.5 Å². The molecule has 9 aromatic carbocycles. The minimum absolute atomic E-state index is 0.521. The Balaban J connectivity index is 0.000000157. The maximum absolute atomic E-state index is 11.7. The van der Waals surface area contributed by atoms with E-state index in [0.29, 0.717) is 29.2 Å². The van der Waals surface area contributed by atoms with Crippen LogP contribution in [0.2, 0.25) is 0 Å². The van der Waals surface area contributed by atoms with E-state index in [1.54, 1.807) is 69.3 Å². The summed E-state index contributed by atoms with van der Waals surface area (Å²) in [7, 11) is -13.2. The van der Waals surface area contributed by atoms with Crippen LogP contribution in [0, 0.1) is 0 Å². The van der Waals surface area contributed by atoms with Gasteiger partial charge in [-0.15, -0.1) is 0 Å². The zero-order valence-electron chi connectivity index (χ0n) is 54.0. The number of fused-ring (bicyclic) bond motifs is 3. The van der Waals surface area contributed by atoms with Gasteiger partial charge in [-0.05, 0) is 175 Å². The molecule has 1 atom stereocenters. The molecule has 0 aliphatic heterocycles. The zero-order valence-corrected chi connectivity index (χ0v) is 57.3. The topological polar surface area (TPSA) is 311 Å². The molecule has 0 aliphatic rings. The second-order valence-corrected chi connectivity index (χ2v) is 31.2. The number of aryl methyl sites for hydroxylation is 6. The van der Waals surface area contributed by atoms with Crippen LogP contribution in [0.5, 0.6) is 0 Å². The Morgan fingerprint density at radius 1 is 0.396 bits per heavy atom. The Bertz CT molecular complexity index is 5210. The summed E-state index contributed by atoms with van der Waals surface area (Å²) in [6.07, 6.45) is 8.47. The monoisotopic (exact) mass is 1370 g/mol. The predicted octanol–water partition coefficient (Wildman–Crippen LogP) is 12.8. The average molecular weight is 1370 g/mol. The van der Waals surface area contributed by atoms with E-state index in [-0.39, 0.29) is 0 Å². The maximum atomic E-state index is 11.7. The van der Waals surface area contributed by atoms with E-state index in [4.69, 9.17) is 4.98 Å². The standard InChI is InChI=1S/C25H27N3O3S.C24H25N3O3S.C23H24N4O4S2/c1-25(2,29)21-7-5-4-6-20(21)18-11-14-22-23(16-18)27-24(26-22)15-10-17-8-12-19(13-9-17)28-32(3,30)31;1-16(28)20-5-3-4-6-21(20)18-10-13-22-23(15-18)26-24(25-22)14-9-17-7-11-19(12-8-17)27-31(2,29)30;1-32(28,29)26-18-11-7-16(8-12-18)9-14-23-24-21-13-10-17(15-22(21)25-23)19-5-3-4-6-20(19)27-33(2,30)31/h4-9,11-14,16,28-29H,10,15H2,1-3H3,(H,26,27);3-8,10-13,15-16,27-28H,9,14H2,1-2H3,(H,25,26);3-8,10-13,15,26-27H,9,14H2,1-2H3,(H,24,25). The highest BCUT2D eigenvalue weighted by Gasteiger charge is 2.21. The fourth-order valence-electron chi connectivity index (χ4n) is 11.1. The number of hydrogen-bond donors (Lipinski definition) is 9. The number of aromatic amines is 3. The van der Waals surface area contributed by atoms with Crippen molar-refractivity contribution in [2.45, 2.75) is 71.0 Å². The molecule has 1 unspecified atom stereocenters. The highest BCUT2D eigenvalue weighted by atomic mass is 32.2. The number of sulfonamides is 4. The number of para-hydroxylation sites is 1. The van der Waals surface area contributed by atoms with Gasteiger partial charge in [-0.25, -0.2) is 48.6 Å². The number of rotatable bonds is 22. The molecule has 498 valence electrons. The van der Waals surface area contributed by atoms with E-state index in [1.807, 2.05) is 140 Å². The van der Waals surface area contributed by atoms with Crippen LogP contribution in [-0.2, 0) is 84.2 Å². The molecule has 96 heavy (non-hydrogen) atoms. The van der Waals surface area contributed by atoms with Crippen molar-refractivity contribution in [2.75, 3.05) is 43.9 Å². The summed E-state index contributed by atoms with van der Waals surface area (Å²) < 4.78 is 101. The number of H-pyrrole nitrogens is 3. The number of anilines is 4. The van der Waals surface area contributed by atoms with E-state index >= 15 is 0 Å². The molecule has 0 saturated carbocycles. The summed E-state index contributed by atoms with van der Waals surface area (Å²) in [5.74, 6) is 2.63. The molecule has 0 bridgehead atoms. The van der Waals surface area contributed by atoms with Gasteiger partial charge in [0.25, 0.3) is 0 Å². The first-order valence-corrected chi connectivity index (χ1v) is 38.3. The lowest BCUT2D eigenvalue weighted by molar-refractivity contribution is 0.0792. The van der Waals surface area contributed by atoms with Crippen LogP contribution in [-0.4, -0.2) is 98.8 Å². The summed E-state index contributed by atoms with van der Waals surface area (Å²) in [6.45, 7) is 5.36. The van der Waals surface area contributed by atoms with E-state index in [9.17, 15) is 43.9 Å². The minimum Gasteiger partial charge on any atom is -0.389 e. The zero-order chi connectivity index (χ0) is 68.6. The van der Waals surface area contributed by atoms with Gasteiger partial charge in [-0.2, -0.15) is 0 Å². The molecule has 24 heteroatoms. The van der Waals surface area contributed by atoms with Crippen molar-refractivity contribution in [3.05, 3.63) is 245 Å². The third kappa shape index (κ3) is 19.5. The Morgan fingerprint density at radius 3 is 1.08 bits per heavy atom. The molecule has 12 rings (SSSR count).